The standard InChI is InChI=1S/C11H16F2N8/c1-3-4-15-9-17-10(20(2)5-8(12)13)19-11(18-9)21-7-14-6-16-21/h6-8H,3-5H2,1-2H3,(H,15,17,18,19). The highest BCUT2D eigenvalue weighted by Gasteiger charge is 2.15. The molecule has 0 fully saturated rings. The fraction of sp³-hybridized carbons (Fsp3) is 0.545. The molecule has 0 atom stereocenters. The van der Waals surface area contributed by atoms with Crippen LogP contribution in [0.1, 0.15) is 13.3 Å². The summed E-state index contributed by atoms with van der Waals surface area (Å²) < 4.78 is 26.3. The molecule has 0 saturated carbocycles. The predicted octanol–water partition coefficient (Wildman–Crippen LogP) is 0.975. The second-order valence-corrected chi connectivity index (χ2v) is 4.30. The molecular weight excluding hydrogens is 282 g/mol. The van der Waals surface area contributed by atoms with Gasteiger partial charge in [-0.1, -0.05) is 6.92 Å². The number of hydrogen-bond acceptors (Lipinski definition) is 7. The molecule has 2 aromatic rings. The zero-order valence-corrected chi connectivity index (χ0v) is 11.7. The number of halogens is 2. The topological polar surface area (TPSA) is 84.7 Å². The highest BCUT2D eigenvalue weighted by molar-refractivity contribution is 5.39. The molecule has 0 aliphatic carbocycles. The van der Waals surface area contributed by atoms with E-state index in [4.69, 9.17) is 0 Å². The molecule has 2 heterocycles. The van der Waals surface area contributed by atoms with E-state index in [0.717, 1.165) is 6.42 Å². The molecule has 0 unspecified atom stereocenters. The van der Waals surface area contributed by atoms with Crippen LogP contribution in [0, 0.1) is 0 Å². The quantitative estimate of drug-likeness (QED) is 0.815. The van der Waals surface area contributed by atoms with Gasteiger partial charge in [-0.15, -0.1) is 0 Å². The van der Waals surface area contributed by atoms with Crippen LogP contribution in [0.3, 0.4) is 0 Å². The van der Waals surface area contributed by atoms with Crippen molar-refractivity contribution in [2.75, 3.05) is 30.4 Å². The summed E-state index contributed by atoms with van der Waals surface area (Å²) >= 11 is 0. The van der Waals surface area contributed by atoms with Gasteiger partial charge in [-0.25, -0.2) is 13.8 Å². The van der Waals surface area contributed by atoms with E-state index in [9.17, 15) is 8.78 Å². The second-order valence-electron chi connectivity index (χ2n) is 4.30. The highest BCUT2D eigenvalue weighted by atomic mass is 19.3. The lowest BCUT2D eigenvalue weighted by Crippen LogP contribution is -2.27. The van der Waals surface area contributed by atoms with Crippen molar-refractivity contribution in [3.63, 3.8) is 0 Å². The second kappa shape index (κ2) is 6.86. The lowest BCUT2D eigenvalue weighted by molar-refractivity contribution is 0.156. The lowest BCUT2D eigenvalue weighted by atomic mass is 10.5. The Morgan fingerprint density at radius 1 is 1.33 bits per heavy atom. The smallest absolute Gasteiger partial charge is 0.258 e. The Balaban J connectivity index is 2.32. The number of aromatic nitrogens is 6. The molecule has 114 valence electrons. The maximum Gasteiger partial charge on any atom is 0.258 e. The normalized spacial score (nSPS) is 10.9. The summed E-state index contributed by atoms with van der Waals surface area (Å²) in [6.07, 6.45) is 1.17. The number of nitrogens with one attached hydrogen (secondary N) is 1. The summed E-state index contributed by atoms with van der Waals surface area (Å²) in [5.41, 5.74) is 0. The Kier molecular flexibility index (Phi) is 4.90. The van der Waals surface area contributed by atoms with E-state index < -0.39 is 13.0 Å². The molecule has 2 aromatic heterocycles. The van der Waals surface area contributed by atoms with Crippen LogP contribution < -0.4 is 10.2 Å². The van der Waals surface area contributed by atoms with Gasteiger partial charge in [-0.05, 0) is 6.42 Å². The zero-order valence-electron chi connectivity index (χ0n) is 11.7. The summed E-state index contributed by atoms with van der Waals surface area (Å²) in [7, 11) is 1.50. The fourth-order valence-corrected chi connectivity index (χ4v) is 1.54. The van der Waals surface area contributed by atoms with Gasteiger partial charge < -0.3 is 10.2 Å². The molecule has 2 rings (SSSR count). The Morgan fingerprint density at radius 2 is 2.14 bits per heavy atom. The number of anilines is 2. The van der Waals surface area contributed by atoms with Crippen LogP contribution in [-0.2, 0) is 0 Å². The average Bonchev–Trinajstić information content (AvgIpc) is 2.98. The molecule has 1 N–H and O–H groups in total. The van der Waals surface area contributed by atoms with Crippen molar-refractivity contribution in [2.45, 2.75) is 19.8 Å². The van der Waals surface area contributed by atoms with Crippen molar-refractivity contribution in [1.29, 1.82) is 0 Å². The van der Waals surface area contributed by atoms with Gasteiger partial charge >= 0.3 is 0 Å². The third kappa shape index (κ3) is 4.04. The van der Waals surface area contributed by atoms with Gasteiger partial charge in [0.05, 0.1) is 6.54 Å². The molecule has 8 nitrogen and oxygen atoms in total. The van der Waals surface area contributed by atoms with Crippen LogP contribution in [0.15, 0.2) is 12.7 Å². The molecule has 21 heavy (non-hydrogen) atoms. The van der Waals surface area contributed by atoms with Gasteiger partial charge in [-0.2, -0.15) is 24.7 Å². The van der Waals surface area contributed by atoms with E-state index in [1.54, 1.807) is 0 Å². The van der Waals surface area contributed by atoms with Crippen LogP contribution in [0.25, 0.3) is 5.95 Å². The minimum atomic E-state index is -2.48. The van der Waals surface area contributed by atoms with E-state index in [0.29, 0.717) is 12.5 Å². The number of rotatable bonds is 7. The maximum atomic E-state index is 12.5. The Bertz CT molecular complexity index is 559. The van der Waals surface area contributed by atoms with E-state index in [1.807, 2.05) is 6.92 Å². The monoisotopic (exact) mass is 298 g/mol. The van der Waals surface area contributed by atoms with Crippen molar-refractivity contribution in [3.8, 4) is 5.95 Å². The fourth-order valence-electron chi connectivity index (χ4n) is 1.54. The first-order valence-corrected chi connectivity index (χ1v) is 6.44. The van der Waals surface area contributed by atoms with Crippen LogP contribution in [-0.4, -0.2) is 56.3 Å². The van der Waals surface area contributed by atoms with Gasteiger partial charge in [0.15, 0.2) is 0 Å². The number of alkyl halides is 2. The SMILES string of the molecule is CCCNc1nc(N(C)CC(F)F)nc(-n2cncn2)n1. The van der Waals surface area contributed by atoms with Crippen LogP contribution in [0.2, 0.25) is 0 Å². The van der Waals surface area contributed by atoms with Crippen molar-refractivity contribution >= 4 is 11.9 Å². The molecular formula is C11H16F2N8. The largest absolute Gasteiger partial charge is 0.354 e. The Hall–Kier alpha value is -2.39. The van der Waals surface area contributed by atoms with E-state index in [-0.39, 0.29) is 11.9 Å². The summed E-state index contributed by atoms with van der Waals surface area (Å²) in [6, 6.07) is 0. The van der Waals surface area contributed by atoms with Gasteiger partial charge in [0.25, 0.3) is 12.4 Å². The summed E-state index contributed by atoms with van der Waals surface area (Å²) in [5, 5.41) is 6.93. The molecule has 0 aromatic carbocycles. The van der Waals surface area contributed by atoms with Gasteiger partial charge in [0.2, 0.25) is 11.9 Å². The van der Waals surface area contributed by atoms with Crippen molar-refractivity contribution in [2.24, 2.45) is 0 Å². The average molecular weight is 298 g/mol. The van der Waals surface area contributed by atoms with Crippen molar-refractivity contribution in [1.82, 2.24) is 29.7 Å². The number of hydrogen-bond donors (Lipinski definition) is 1. The first kappa shape index (κ1) is 15.0. The van der Waals surface area contributed by atoms with Crippen LogP contribution in [0.4, 0.5) is 20.7 Å². The molecule has 0 radical (unpaired) electrons. The van der Waals surface area contributed by atoms with Crippen molar-refractivity contribution < 1.29 is 8.78 Å². The molecule has 0 aliphatic heterocycles. The first-order chi connectivity index (χ1) is 10.1. The van der Waals surface area contributed by atoms with E-state index in [2.05, 4.69) is 30.4 Å². The minimum absolute atomic E-state index is 0.148. The number of nitrogens with zero attached hydrogens (tertiary/aromatic N) is 7. The minimum Gasteiger partial charge on any atom is -0.354 e. The third-order valence-corrected chi connectivity index (χ3v) is 2.52. The molecule has 0 amide bonds. The summed E-state index contributed by atoms with van der Waals surface area (Å²) in [6.45, 7) is 2.20. The maximum absolute atomic E-state index is 12.5. The van der Waals surface area contributed by atoms with Gasteiger partial charge in [0, 0.05) is 13.6 Å². The molecule has 10 heteroatoms. The van der Waals surface area contributed by atoms with E-state index in [1.165, 1.54) is 29.3 Å². The van der Waals surface area contributed by atoms with Crippen LogP contribution in [0.5, 0.6) is 0 Å². The third-order valence-electron chi connectivity index (χ3n) is 2.52. The lowest BCUT2D eigenvalue weighted by Gasteiger charge is -2.17. The molecule has 0 spiro atoms. The molecule has 0 aliphatic rings. The van der Waals surface area contributed by atoms with E-state index >= 15 is 0 Å². The Morgan fingerprint density at radius 3 is 2.76 bits per heavy atom. The first-order valence-electron chi connectivity index (χ1n) is 6.44. The van der Waals surface area contributed by atoms with Crippen LogP contribution >= 0.6 is 0 Å². The summed E-state index contributed by atoms with van der Waals surface area (Å²) in [5.74, 6) is 0.681. The van der Waals surface area contributed by atoms with Gasteiger partial charge in [-0.3, -0.25) is 0 Å². The van der Waals surface area contributed by atoms with Crippen molar-refractivity contribution in [3.05, 3.63) is 12.7 Å². The predicted molar refractivity (Wildman–Crippen MR) is 72.8 cm³/mol. The van der Waals surface area contributed by atoms with Gasteiger partial charge in [0.1, 0.15) is 12.7 Å². The molecule has 0 bridgehead atoms. The highest BCUT2D eigenvalue weighted by Crippen LogP contribution is 2.12. The zero-order chi connectivity index (χ0) is 15.2. The summed E-state index contributed by atoms with van der Waals surface area (Å²) in [4.78, 5) is 17.5. The Labute approximate surface area is 120 Å². The molecule has 0 saturated heterocycles.